The number of aliphatic hydroxyl groups is 2. The van der Waals surface area contributed by atoms with Gasteiger partial charge in [-0.05, 0) is 37.2 Å². The molecule has 0 spiro atoms. The first-order valence-electron chi connectivity index (χ1n) is 6.87. The standard InChI is InChI=1S/C16H26O2/c1-14(2)11-16(12-17,13-18)10-6-9-15-7-4-3-5-8-15/h3-5,7-8,14,17-18H,6,9-13H2,1-2H3. The van der Waals surface area contributed by atoms with Crippen LogP contribution < -0.4 is 0 Å². The van der Waals surface area contributed by atoms with E-state index >= 15 is 0 Å². The van der Waals surface area contributed by atoms with Crippen molar-refractivity contribution in [2.24, 2.45) is 11.3 Å². The highest BCUT2D eigenvalue weighted by atomic mass is 16.3. The lowest BCUT2D eigenvalue weighted by Gasteiger charge is -2.31. The Labute approximate surface area is 111 Å². The lowest BCUT2D eigenvalue weighted by Crippen LogP contribution is -2.31. The van der Waals surface area contributed by atoms with E-state index in [1.165, 1.54) is 5.56 Å². The van der Waals surface area contributed by atoms with Crippen LogP contribution in [0.5, 0.6) is 0 Å². The highest BCUT2D eigenvalue weighted by Gasteiger charge is 2.29. The maximum absolute atomic E-state index is 9.56. The first-order chi connectivity index (χ1) is 8.62. The minimum Gasteiger partial charge on any atom is -0.396 e. The Hall–Kier alpha value is -0.860. The van der Waals surface area contributed by atoms with Crippen molar-refractivity contribution in [3.8, 4) is 0 Å². The monoisotopic (exact) mass is 250 g/mol. The van der Waals surface area contributed by atoms with Crippen LogP contribution in [-0.2, 0) is 6.42 Å². The predicted octanol–water partition coefficient (Wildman–Crippen LogP) is 3.03. The van der Waals surface area contributed by atoms with E-state index in [4.69, 9.17) is 0 Å². The molecule has 0 radical (unpaired) electrons. The summed E-state index contributed by atoms with van der Waals surface area (Å²) in [7, 11) is 0. The summed E-state index contributed by atoms with van der Waals surface area (Å²) >= 11 is 0. The Morgan fingerprint density at radius 2 is 1.67 bits per heavy atom. The number of aryl methyl sites for hydroxylation is 1. The van der Waals surface area contributed by atoms with Crippen molar-refractivity contribution < 1.29 is 10.2 Å². The Morgan fingerprint density at radius 1 is 1.06 bits per heavy atom. The zero-order chi connectivity index (χ0) is 13.4. The van der Waals surface area contributed by atoms with Crippen LogP contribution in [0.2, 0.25) is 0 Å². The van der Waals surface area contributed by atoms with Gasteiger partial charge in [0, 0.05) is 5.41 Å². The van der Waals surface area contributed by atoms with Gasteiger partial charge < -0.3 is 10.2 Å². The molecule has 2 N–H and O–H groups in total. The molecular formula is C16H26O2. The fourth-order valence-electron chi connectivity index (χ4n) is 2.62. The highest BCUT2D eigenvalue weighted by Crippen LogP contribution is 2.31. The smallest absolute Gasteiger partial charge is 0.0509 e. The average Bonchev–Trinajstić information content (AvgIpc) is 2.38. The summed E-state index contributed by atoms with van der Waals surface area (Å²) in [6.07, 6.45) is 3.79. The first kappa shape index (κ1) is 15.2. The number of benzene rings is 1. The van der Waals surface area contributed by atoms with Gasteiger partial charge in [0.15, 0.2) is 0 Å². The van der Waals surface area contributed by atoms with Gasteiger partial charge in [0.05, 0.1) is 13.2 Å². The van der Waals surface area contributed by atoms with Crippen molar-refractivity contribution in [3.05, 3.63) is 35.9 Å². The van der Waals surface area contributed by atoms with E-state index in [1.54, 1.807) is 0 Å². The zero-order valence-electron chi connectivity index (χ0n) is 11.6. The van der Waals surface area contributed by atoms with Crippen molar-refractivity contribution in [2.75, 3.05) is 13.2 Å². The van der Waals surface area contributed by atoms with Crippen LogP contribution in [0, 0.1) is 11.3 Å². The minimum absolute atomic E-state index is 0.0798. The van der Waals surface area contributed by atoms with E-state index in [0.717, 1.165) is 25.7 Å². The SMILES string of the molecule is CC(C)CC(CO)(CO)CCCc1ccccc1. The van der Waals surface area contributed by atoms with E-state index in [0.29, 0.717) is 5.92 Å². The van der Waals surface area contributed by atoms with Crippen LogP contribution in [0.3, 0.4) is 0 Å². The number of rotatable bonds is 8. The van der Waals surface area contributed by atoms with Gasteiger partial charge in [0.25, 0.3) is 0 Å². The van der Waals surface area contributed by atoms with E-state index in [2.05, 4.69) is 38.1 Å². The second-order valence-corrected chi connectivity index (χ2v) is 5.75. The van der Waals surface area contributed by atoms with Crippen molar-refractivity contribution >= 4 is 0 Å². The summed E-state index contributed by atoms with van der Waals surface area (Å²) in [6, 6.07) is 10.4. The lowest BCUT2D eigenvalue weighted by molar-refractivity contribution is 0.0281. The molecule has 0 amide bonds. The molecule has 0 atom stereocenters. The third-order valence-electron chi connectivity index (χ3n) is 3.53. The topological polar surface area (TPSA) is 40.5 Å². The summed E-state index contributed by atoms with van der Waals surface area (Å²) in [5.74, 6) is 0.501. The summed E-state index contributed by atoms with van der Waals surface area (Å²) in [6.45, 7) is 4.43. The number of aliphatic hydroxyl groups excluding tert-OH is 2. The number of hydrogen-bond donors (Lipinski definition) is 2. The Kier molecular flexibility index (Phi) is 6.37. The molecule has 102 valence electrons. The second-order valence-electron chi connectivity index (χ2n) is 5.75. The fraction of sp³-hybridized carbons (Fsp3) is 0.625. The summed E-state index contributed by atoms with van der Waals surface area (Å²) in [5.41, 5.74) is 1.02. The third-order valence-corrected chi connectivity index (χ3v) is 3.53. The summed E-state index contributed by atoms with van der Waals surface area (Å²) < 4.78 is 0. The molecule has 0 fully saturated rings. The van der Waals surface area contributed by atoms with Crippen LogP contribution in [0.15, 0.2) is 30.3 Å². The van der Waals surface area contributed by atoms with Crippen molar-refractivity contribution in [2.45, 2.75) is 39.5 Å². The average molecular weight is 250 g/mol. The molecule has 0 unspecified atom stereocenters. The van der Waals surface area contributed by atoms with Crippen LogP contribution in [-0.4, -0.2) is 23.4 Å². The van der Waals surface area contributed by atoms with Gasteiger partial charge in [-0.15, -0.1) is 0 Å². The number of hydrogen-bond acceptors (Lipinski definition) is 2. The molecular weight excluding hydrogens is 224 g/mol. The fourth-order valence-corrected chi connectivity index (χ4v) is 2.62. The third kappa shape index (κ3) is 4.79. The van der Waals surface area contributed by atoms with Gasteiger partial charge in [-0.1, -0.05) is 44.2 Å². The molecule has 0 aliphatic heterocycles. The Balaban J connectivity index is 2.47. The van der Waals surface area contributed by atoms with Crippen LogP contribution >= 0.6 is 0 Å². The molecule has 0 saturated heterocycles. The summed E-state index contributed by atoms with van der Waals surface area (Å²) in [5, 5.41) is 19.1. The van der Waals surface area contributed by atoms with E-state index in [1.807, 2.05) is 6.07 Å². The molecule has 2 nitrogen and oxygen atoms in total. The van der Waals surface area contributed by atoms with Gasteiger partial charge >= 0.3 is 0 Å². The van der Waals surface area contributed by atoms with E-state index in [9.17, 15) is 10.2 Å². The molecule has 0 heterocycles. The molecule has 0 aliphatic rings. The second kappa shape index (κ2) is 7.55. The normalized spacial score (nSPS) is 12.1. The highest BCUT2D eigenvalue weighted by molar-refractivity contribution is 5.14. The molecule has 1 rings (SSSR count). The molecule has 0 aliphatic carbocycles. The molecule has 0 saturated carbocycles. The molecule has 1 aromatic carbocycles. The van der Waals surface area contributed by atoms with Crippen molar-refractivity contribution in [1.82, 2.24) is 0 Å². The summed E-state index contributed by atoms with van der Waals surface area (Å²) in [4.78, 5) is 0. The Bertz CT molecular complexity index is 315. The molecule has 18 heavy (non-hydrogen) atoms. The van der Waals surface area contributed by atoms with Crippen molar-refractivity contribution in [3.63, 3.8) is 0 Å². The first-order valence-corrected chi connectivity index (χ1v) is 6.87. The van der Waals surface area contributed by atoms with Gasteiger partial charge in [0.2, 0.25) is 0 Å². The van der Waals surface area contributed by atoms with Crippen molar-refractivity contribution in [1.29, 1.82) is 0 Å². The van der Waals surface area contributed by atoms with Gasteiger partial charge in [-0.3, -0.25) is 0 Å². The molecule has 0 aromatic heterocycles. The van der Waals surface area contributed by atoms with Gasteiger partial charge in [-0.25, -0.2) is 0 Å². The quantitative estimate of drug-likeness (QED) is 0.744. The Morgan fingerprint density at radius 3 is 2.17 bits per heavy atom. The molecule has 2 heteroatoms. The van der Waals surface area contributed by atoms with E-state index < -0.39 is 0 Å². The van der Waals surface area contributed by atoms with Crippen LogP contribution in [0.1, 0.15) is 38.7 Å². The van der Waals surface area contributed by atoms with Crippen LogP contribution in [0.4, 0.5) is 0 Å². The molecule has 1 aromatic rings. The molecule has 0 bridgehead atoms. The maximum Gasteiger partial charge on any atom is 0.0509 e. The minimum atomic E-state index is -0.303. The van der Waals surface area contributed by atoms with Gasteiger partial charge in [0.1, 0.15) is 0 Å². The lowest BCUT2D eigenvalue weighted by atomic mass is 9.77. The predicted molar refractivity (Wildman–Crippen MR) is 75.4 cm³/mol. The van der Waals surface area contributed by atoms with Crippen LogP contribution in [0.25, 0.3) is 0 Å². The zero-order valence-corrected chi connectivity index (χ0v) is 11.6. The van der Waals surface area contributed by atoms with E-state index in [-0.39, 0.29) is 18.6 Å². The largest absolute Gasteiger partial charge is 0.396 e. The van der Waals surface area contributed by atoms with Gasteiger partial charge in [-0.2, -0.15) is 0 Å². The maximum atomic E-state index is 9.56.